The van der Waals surface area contributed by atoms with E-state index in [2.05, 4.69) is 0 Å². The van der Waals surface area contributed by atoms with Gasteiger partial charge in [-0.1, -0.05) is 30.3 Å². The molecule has 2 aromatic rings. The Morgan fingerprint density at radius 1 is 1.06 bits per heavy atom. The zero-order valence-corrected chi connectivity index (χ0v) is 18.5. The number of nitrogens with two attached hydrogens (primary N) is 1. The molecule has 0 bridgehead atoms. The van der Waals surface area contributed by atoms with E-state index in [9.17, 15) is 31.1 Å². The van der Waals surface area contributed by atoms with Crippen LogP contribution in [0.2, 0.25) is 0 Å². The van der Waals surface area contributed by atoms with Crippen LogP contribution < -0.4 is 5.73 Å². The van der Waals surface area contributed by atoms with E-state index < -0.39 is 35.7 Å². The maximum absolute atomic E-state index is 13.3. The number of alkyl halides is 6. The van der Waals surface area contributed by atoms with Crippen molar-refractivity contribution in [1.29, 1.82) is 0 Å². The van der Waals surface area contributed by atoms with Gasteiger partial charge >= 0.3 is 12.4 Å². The molecule has 3 rings (SSSR count). The lowest BCUT2D eigenvalue weighted by Crippen LogP contribution is -2.46. The third kappa shape index (κ3) is 6.29. The van der Waals surface area contributed by atoms with E-state index in [-0.39, 0.29) is 36.4 Å². The second-order valence-corrected chi connectivity index (χ2v) is 8.34. The first-order chi connectivity index (χ1) is 15.9. The Morgan fingerprint density at radius 3 is 2.18 bits per heavy atom. The molecule has 1 aliphatic heterocycles. The highest BCUT2D eigenvalue weighted by Gasteiger charge is 2.38. The van der Waals surface area contributed by atoms with Gasteiger partial charge in [-0.05, 0) is 42.7 Å². The van der Waals surface area contributed by atoms with Gasteiger partial charge in [0.1, 0.15) is 0 Å². The van der Waals surface area contributed by atoms with Gasteiger partial charge < -0.3 is 15.4 Å². The summed E-state index contributed by atoms with van der Waals surface area (Å²) < 4.78 is 85.7. The zero-order valence-electron chi connectivity index (χ0n) is 18.5. The van der Waals surface area contributed by atoms with Crippen LogP contribution in [0.1, 0.15) is 54.0 Å². The Bertz CT molecular complexity index is 945. The molecule has 1 saturated heterocycles. The number of ether oxygens (including phenoxy) is 1. The zero-order chi connectivity index (χ0) is 25.1. The van der Waals surface area contributed by atoms with E-state index in [0.29, 0.717) is 31.6 Å². The number of carbonyl (C=O) groups excluding carboxylic acids is 1. The molecule has 2 N–H and O–H groups in total. The molecular weight excluding hydrogens is 462 g/mol. The predicted octanol–water partition coefficient (Wildman–Crippen LogP) is 5.54. The summed E-state index contributed by atoms with van der Waals surface area (Å²) in [6.45, 7) is 2.32. The molecule has 0 spiro atoms. The normalized spacial score (nSPS) is 20.3. The number of carbonyl (C=O) groups is 1. The number of likely N-dealkylation sites (tertiary alicyclic amines) is 1. The standard InChI is InChI=1S/C24H26F6N2O2/c1-15(17-11-18(23(25,26)27)13-19(12-17)24(28,29)30)34-21-8-10-32(22(33)7-9-31)14-20(21)16-5-3-2-4-6-16/h2-6,11-13,15,20-21H,7-10,14,31H2,1H3/t15-,20+,21+/m1/s1. The quantitative estimate of drug-likeness (QED) is 0.544. The lowest BCUT2D eigenvalue weighted by atomic mass is 9.87. The van der Waals surface area contributed by atoms with Crippen LogP contribution in [0, 0.1) is 0 Å². The summed E-state index contributed by atoms with van der Waals surface area (Å²) in [6.07, 6.45) is -10.8. The maximum atomic E-state index is 13.3. The van der Waals surface area contributed by atoms with Gasteiger partial charge in [0.15, 0.2) is 0 Å². The number of hydrogen-bond acceptors (Lipinski definition) is 3. The van der Waals surface area contributed by atoms with Crippen LogP contribution in [0.5, 0.6) is 0 Å². The molecule has 34 heavy (non-hydrogen) atoms. The molecule has 0 aliphatic carbocycles. The molecule has 0 unspecified atom stereocenters. The minimum atomic E-state index is -4.93. The Balaban J connectivity index is 1.89. The third-order valence-electron chi connectivity index (χ3n) is 5.95. The third-order valence-corrected chi connectivity index (χ3v) is 5.95. The van der Waals surface area contributed by atoms with Crippen molar-refractivity contribution in [3.63, 3.8) is 0 Å². The molecule has 0 aromatic heterocycles. The van der Waals surface area contributed by atoms with Crippen molar-refractivity contribution in [2.45, 2.75) is 50.2 Å². The van der Waals surface area contributed by atoms with E-state index in [1.54, 1.807) is 4.90 Å². The molecule has 3 atom stereocenters. The van der Waals surface area contributed by atoms with Crippen molar-refractivity contribution >= 4 is 5.91 Å². The molecule has 4 nitrogen and oxygen atoms in total. The van der Waals surface area contributed by atoms with E-state index >= 15 is 0 Å². The monoisotopic (exact) mass is 488 g/mol. The average molecular weight is 488 g/mol. The summed E-state index contributed by atoms with van der Waals surface area (Å²) in [4.78, 5) is 14.0. The molecule has 1 aliphatic rings. The Hall–Kier alpha value is -2.59. The molecule has 1 heterocycles. The highest BCUT2D eigenvalue weighted by atomic mass is 19.4. The van der Waals surface area contributed by atoms with Crippen LogP contribution >= 0.6 is 0 Å². The molecule has 0 radical (unpaired) electrons. The molecular formula is C24H26F6N2O2. The summed E-state index contributed by atoms with van der Waals surface area (Å²) in [5.41, 5.74) is 3.39. The van der Waals surface area contributed by atoms with Crippen LogP contribution in [0.15, 0.2) is 48.5 Å². The van der Waals surface area contributed by atoms with E-state index in [1.165, 1.54) is 6.92 Å². The second-order valence-electron chi connectivity index (χ2n) is 8.34. The van der Waals surface area contributed by atoms with Crippen LogP contribution in [-0.4, -0.2) is 36.5 Å². The molecule has 0 saturated carbocycles. The SMILES string of the molecule is C[C@@H](O[C@H]1CCN(C(=O)CCN)C[C@H]1c1ccccc1)c1cc(C(F)(F)F)cc(C(F)(F)F)c1. The van der Waals surface area contributed by atoms with Gasteiger partial charge in [0.2, 0.25) is 5.91 Å². The fourth-order valence-corrected chi connectivity index (χ4v) is 4.18. The van der Waals surface area contributed by atoms with Crippen molar-refractivity contribution < 1.29 is 35.9 Å². The number of halogens is 6. The average Bonchev–Trinajstić information content (AvgIpc) is 2.78. The molecule has 1 amide bonds. The number of benzene rings is 2. The van der Waals surface area contributed by atoms with E-state index in [1.807, 2.05) is 30.3 Å². The van der Waals surface area contributed by atoms with Gasteiger partial charge in [-0.2, -0.15) is 26.3 Å². The van der Waals surface area contributed by atoms with Crippen LogP contribution in [-0.2, 0) is 21.9 Å². The number of hydrogen-bond donors (Lipinski definition) is 1. The Morgan fingerprint density at radius 2 is 1.65 bits per heavy atom. The molecule has 186 valence electrons. The van der Waals surface area contributed by atoms with Gasteiger partial charge in [0.25, 0.3) is 0 Å². The number of amides is 1. The topological polar surface area (TPSA) is 55.6 Å². The van der Waals surface area contributed by atoms with Crippen LogP contribution in [0.3, 0.4) is 0 Å². The predicted molar refractivity (Wildman–Crippen MR) is 114 cm³/mol. The van der Waals surface area contributed by atoms with Crippen LogP contribution in [0.4, 0.5) is 26.3 Å². The van der Waals surface area contributed by atoms with E-state index in [4.69, 9.17) is 10.5 Å². The Kier molecular flexibility index (Phi) is 7.92. The highest BCUT2D eigenvalue weighted by molar-refractivity contribution is 5.76. The minimum absolute atomic E-state index is 0.102. The summed E-state index contributed by atoms with van der Waals surface area (Å²) in [5, 5.41) is 0. The summed E-state index contributed by atoms with van der Waals surface area (Å²) >= 11 is 0. The second kappa shape index (κ2) is 10.4. The fourth-order valence-electron chi connectivity index (χ4n) is 4.18. The number of nitrogens with zero attached hydrogens (tertiary/aromatic N) is 1. The maximum Gasteiger partial charge on any atom is 0.416 e. The summed E-state index contributed by atoms with van der Waals surface area (Å²) in [5.74, 6) is -0.408. The molecule has 1 fully saturated rings. The van der Waals surface area contributed by atoms with Gasteiger partial charge in [0.05, 0.1) is 23.3 Å². The first kappa shape index (κ1) is 26.0. The molecule has 2 aromatic carbocycles. The van der Waals surface area contributed by atoms with Gasteiger partial charge in [0, 0.05) is 32.0 Å². The summed E-state index contributed by atoms with van der Waals surface area (Å²) in [7, 11) is 0. The minimum Gasteiger partial charge on any atom is -0.370 e. The number of piperidine rings is 1. The highest BCUT2D eigenvalue weighted by Crippen LogP contribution is 2.39. The van der Waals surface area contributed by atoms with Gasteiger partial charge in [-0.25, -0.2) is 0 Å². The van der Waals surface area contributed by atoms with Crippen molar-refractivity contribution in [1.82, 2.24) is 4.90 Å². The Labute approximate surface area is 193 Å². The van der Waals surface area contributed by atoms with Crippen molar-refractivity contribution in [3.8, 4) is 0 Å². The smallest absolute Gasteiger partial charge is 0.370 e. The van der Waals surface area contributed by atoms with E-state index in [0.717, 1.165) is 5.56 Å². The van der Waals surface area contributed by atoms with Gasteiger partial charge in [-0.3, -0.25) is 4.79 Å². The lowest BCUT2D eigenvalue weighted by molar-refractivity contribution is -0.143. The van der Waals surface area contributed by atoms with Crippen molar-refractivity contribution in [3.05, 3.63) is 70.8 Å². The summed E-state index contributed by atoms with van der Waals surface area (Å²) in [6, 6.07) is 10.7. The van der Waals surface area contributed by atoms with Crippen molar-refractivity contribution in [2.75, 3.05) is 19.6 Å². The number of rotatable bonds is 6. The fraction of sp³-hybridized carbons (Fsp3) is 0.458. The largest absolute Gasteiger partial charge is 0.416 e. The van der Waals surface area contributed by atoms with Crippen molar-refractivity contribution in [2.24, 2.45) is 5.73 Å². The van der Waals surface area contributed by atoms with Crippen LogP contribution in [0.25, 0.3) is 0 Å². The molecule has 10 heteroatoms. The first-order valence-electron chi connectivity index (χ1n) is 10.9. The van der Waals surface area contributed by atoms with Gasteiger partial charge in [-0.15, -0.1) is 0 Å². The lowest BCUT2D eigenvalue weighted by Gasteiger charge is -2.40. The first-order valence-corrected chi connectivity index (χ1v) is 10.9.